The maximum absolute atomic E-state index is 11.3. The van der Waals surface area contributed by atoms with E-state index in [1.54, 1.807) is 7.11 Å². The van der Waals surface area contributed by atoms with Crippen molar-refractivity contribution >= 4 is 5.78 Å². The van der Waals surface area contributed by atoms with E-state index >= 15 is 0 Å². The third-order valence-electron chi connectivity index (χ3n) is 2.55. The molecular weight excluding hydrogens is 166 g/mol. The highest BCUT2D eigenvalue weighted by molar-refractivity contribution is 5.80. The fourth-order valence-corrected chi connectivity index (χ4v) is 1.49. The SMILES string of the molecule is COCCNCC(=O)CC1CCC1. The molecule has 1 aliphatic carbocycles. The molecule has 0 radical (unpaired) electrons. The van der Waals surface area contributed by atoms with Crippen LogP contribution in [0.15, 0.2) is 0 Å². The molecule has 0 spiro atoms. The molecule has 0 aromatic rings. The number of carbonyl (C=O) groups excluding carboxylic acids is 1. The number of carbonyl (C=O) groups is 1. The van der Waals surface area contributed by atoms with E-state index in [-0.39, 0.29) is 0 Å². The van der Waals surface area contributed by atoms with E-state index in [2.05, 4.69) is 5.32 Å². The van der Waals surface area contributed by atoms with Gasteiger partial charge in [0.1, 0.15) is 5.78 Å². The van der Waals surface area contributed by atoms with Crippen LogP contribution in [-0.4, -0.2) is 32.6 Å². The van der Waals surface area contributed by atoms with Gasteiger partial charge in [-0.1, -0.05) is 19.3 Å². The molecule has 13 heavy (non-hydrogen) atoms. The fraction of sp³-hybridized carbons (Fsp3) is 0.900. The largest absolute Gasteiger partial charge is 0.383 e. The van der Waals surface area contributed by atoms with E-state index < -0.39 is 0 Å². The molecule has 0 aromatic carbocycles. The van der Waals surface area contributed by atoms with Crippen molar-refractivity contribution in [2.75, 3.05) is 26.8 Å². The summed E-state index contributed by atoms with van der Waals surface area (Å²) in [5, 5.41) is 3.07. The highest BCUT2D eigenvalue weighted by Gasteiger charge is 2.19. The number of Topliss-reactive ketones (excluding diaryl/α,β-unsaturated/α-hetero) is 1. The molecule has 3 heteroatoms. The number of ether oxygens (including phenoxy) is 1. The fourth-order valence-electron chi connectivity index (χ4n) is 1.49. The summed E-state index contributed by atoms with van der Waals surface area (Å²) in [5.41, 5.74) is 0. The van der Waals surface area contributed by atoms with Crippen LogP contribution in [0.4, 0.5) is 0 Å². The summed E-state index contributed by atoms with van der Waals surface area (Å²) in [7, 11) is 1.66. The van der Waals surface area contributed by atoms with Crippen molar-refractivity contribution in [3.63, 3.8) is 0 Å². The Labute approximate surface area is 79.8 Å². The Morgan fingerprint density at radius 1 is 1.54 bits per heavy atom. The molecule has 76 valence electrons. The van der Waals surface area contributed by atoms with E-state index in [0.717, 1.165) is 13.0 Å². The Balaban J connectivity index is 1.91. The number of ketones is 1. The first-order valence-electron chi connectivity index (χ1n) is 5.04. The van der Waals surface area contributed by atoms with Crippen molar-refractivity contribution in [1.29, 1.82) is 0 Å². The van der Waals surface area contributed by atoms with Gasteiger partial charge in [-0.25, -0.2) is 0 Å². The summed E-state index contributed by atoms with van der Waals surface area (Å²) in [6.07, 6.45) is 4.60. The summed E-state index contributed by atoms with van der Waals surface area (Å²) < 4.78 is 4.86. The van der Waals surface area contributed by atoms with Gasteiger partial charge in [0.05, 0.1) is 13.2 Å². The van der Waals surface area contributed by atoms with Crippen LogP contribution in [0.2, 0.25) is 0 Å². The van der Waals surface area contributed by atoms with Gasteiger partial charge in [0.15, 0.2) is 0 Å². The standard InChI is InChI=1S/C10H19NO2/c1-13-6-5-11-8-10(12)7-9-3-2-4-9/h9,11H,2-8H2,1H3. The Kier molecular flexibility index (Phi) is 5.01. The lowest BCUT2D eigenvalue weighted by Gasteiger charge is -2.24. The highest BCUT2D eigenvalue weighted by Crippen LogP contribution is 2.29. The monoisotopic (exact) mass is 185 g/mol. The van der Waals surface area contributed by atoms with Crippen LogP contribution in [0.3, 0.4) is 0 Å². The lowest BCUT2D eigenvalue weighted by atomic mass is 9.82. The predicted molar refractivity (Wildman–Crippen MR) is 51.7 cm³/mol. The van der Waals surface area contributed by atoms with Gasteiger partial charge in [0.25, 0.3) is 0 Å². The molecule has 0 saturated heterocycles. The second kappa shape index (κ2) is 6.11. The van der Waals surface area contributed by atoms with E-state index in [1.165, 1.54) is 19.3 Å². The first-order chi connectivity index (χ1) is 6.33. The van der Waals surface area contributed by atoms with Gasteiger partial charge in [-0.15, -0.1) is 0 Å². The molecule has 0 atom stereocenters. The highest BCUT2D eigenvalue weighted by atomic mass is 16.5. The van der Waals surface area contributed by atoms with Crippen LogP contribution in [0.5, 0.6) is 0 Å². The van der Waals surface area contributed by atoms with Crippen LogP contribution < -0.4 is 5.32 Å². The smallest absolute Gasteiger partial charge is 0.146 e. The zero-order valence-corrected chi connectivity index (χ0v) is 8.34. The number of rotatable bonds is 7. The minimum Gasteiger partial charge on any atom is -0.383 e. The molecule has 1 fully saturated rings. The van der Waals surface area contributed by atoms with Gasteiger partial charge >= 0.3 is 0 Å². The Hall–Kier alpha value is -0.410. The van der Waals surface area contributed by atoms with E-state index in [4.69, 9.17) is 4.74 Å². The first kappa shape index (κ1) is 10.7. The lowest BCUT2D eigenvalue weighted by Crippen LogP contribution is -2.28. The lowest BCUT2D eigenvalue weighted by molar-refractivity contribution is -0.119. The van der Waals surface area contributed by atoms with Crippen LogP contribution >= 0.6 is 0 Å². The third-order valence-corrected chi connectivity index (χ3v) is 2.55. The van der Waals surface area contributed by atoms with Crippen LogP contribution in [0, 0.1) is 5.92 Å². The van der Waals surface area contributed by atoms with E-state index in [9.17, 15) is 4.79 Å². The zero-order chi connectivity index (χ0) is 9.52. The van der Waals surface area contributed by atoms with E-state index in [0.29, 0.717) is 24.9 Å². The summed E-state index contributed by atoms with van der Waals surface area (Å²) in [6.45, 7) is 1.96. The number of hydrogen-bond acceptors (Lipinski definition) is 3. The molecule has 0 heterocycles. The molecule has 0 aromatic heterocycles. The normalized spacial score (nSPS) is 17.0. The summed E-state index contributed by atoms with van der Waals surface area (Å²) >= 11 is 0. The van der Waals surface area contributed by atoms with E-state index in [1.807, 2.05) is 0 Å². The molecule has 3 nitrogen and oxygen atoms in total. The van der Waals surface area contributed by atoms with Crippen molar-refractivity contribution in [1.82, 2.24) is 5.32 Å². The maximum atomic E-state index is 11.3. The average Bonchev–Trinajstić information content (AvgIpc) is 2.06. The van der Waals surface area contributed by atoms with Crippen molar-refractivity contribution in [3.05, 3.63) is 0 Å². The second-order valence-corrected chi connectivity index (χ2v) is 3.71. The molecule has 0 aliphatic heterocycles. The quantitative estimate of drug-likeness (QED) is 0.601. The molecule has 1 rings (SSSR count). The minimum absolute atomic E-state index is 0.348. The third kappa shape index (κ3) is 4.39. The molecule has 0 amide bonds. The Bertz CT molecular complexity index is 155. The Morgan fingerprint density at radius 3 is 2.85 bits per heavy atom. The predicted octanol–water partition coefficient (Wildman–Crippen LogP) is 0.982. The second-order valence-electron chi connectivity index (χ2n) is 3.71. The zero-order valence-electron chi connectivity index (χ0n) is 8.34. The number of nitrogens with one attached hydrogen (secondary N) is 1. The van der Waals surface area contributed by atoms with Crippen molar-refractivity contribution in [2.45, 2.75) is 25.7 Å². The number of methoxy groups -OCH3 is 1. The van der Waals surface area contributed by atoms with Crippen LogP contribution in [0.1, 0.15) is 25.7 Å². The van der Waals surface area contributed by atoms with Crippen molar-refractivity contribution < 1.29 is 9.53 Å². The molecule has 1 saturated carbocycles. The van der Waals surface area contributed by atoms with Gasteiger partial charge in [0.2, 0.25) is 0 Å². The van der Waals surface area contributed by atoms with Gasteiger partial charge in [-0.3, -0.25) is 4.79 Å². The van der Waals surface area contributed by atoms with Gasteiger partial charge < -0.3 is 10.1 Å². The maximum Gasteiger partial charge on any atom is 0.146 e. The molecule has 1 N–H and O–H groups in total. The average molecular weight is 185 g/mol. The minimum atomic E-state index is 0.348. The van der Waals surface area contributed by atoms with Crippen molar-refractivity contribution in [2.24, 2.45) is 5.92 Å². The van der Waals surface area contributed by atoms with Gasteiger partial charge in [-0.05, 0) is 5.92 Å². The van der Waals surface area contributed by atoms with Crippen LogP contribution in [-0.2, 0) is 9.53 Å². The summed E-state index contributed by atoms with van der Waals surface area (Å²) in [5.74, 6) is 1.04. The first-order valence-corrected chi connectivity index (χ1v) is 5.04. The van der Waals surface area contributed by atoms with Gasteiger partial charge in [0, 0.05) is 20.1 Å². The molecule has 0 bridgehead atoms. The van der Waals surface area contributed by atoms with Crippen LogP contribution in [0.25, 0.3) is 0 Å². The van der Waals surface area contributed by atoms with Crippen molar-refractivity contribution in [3.8, 4) is 0 Å². The topological polar surface area (TPSA) is 38.3 Å². The molecule has 0 unspecified atom stereocenters. The molecule has 1 aliphatic rings. The van der Waals surface area contributed by atoms with Gasteiger partial charge in [-0.2, -0.15) is 0 Å². The summed E-state index contributed by atoms with van der Waals surface area (Å²) in [4.78, 5) is 11.3. The number of hydrogen-bond donors (Lipinski definition) is 1. The Morgan fingerprint density at radius 2 is 2.31 bits per heavy atom. The molecular formula is C10H19NO2. The summed E-state index contributed by atoms with van der Waals surface area (Å²) in [6, 6.07) is 0.